The number of carbonyl (C=O) groups is 3. The molecule has 172 valence electrons. The van der Waals surface area contributed by atoms with Gasteiger partial charge >= 0.3 is 0 Å². The molecule has 32 heavy (non-hydrogen) atoms. The van der Waals surface area contributed by atoms with E-state index in [0.717, 1.165) is 12.0 Å². The van der Waals surface area contributed by atoms with Gasteiger partial charge in [-0.2, -0.15) is 0 Å². The van der Waals surface area contributed by atoms with Crippen molar-refractivity contribution < 1.29 is 23.9 Å². The zero-order chi connectivity index (χ0) is 23.8. The van der Waals surface area contributed by atoms with E-state index in [1.54, 1.807) is 17.9 Å². The molecule has 0 aliphatic carbocycles. The Labute approximate surface area is 187 Å². The predicted octanol–water partition coefficient (Wildman–Crippen LogP) is 3.63. The molecule has 1 aliphatic rings. The number of anilines is 1. The molecule has 0 saturated carbocycles. The number of halogens is 1. The van der Waals surface area contributed by atoms with Crippen molar-refractivity contribution in [3.63, 3.8) is 0 Å². The highest BCUT2D eigenvalue weighted by molar-refractivity contribution is 5.98. The number of hydrogen-bond donors (Lipinski definition) is 2. The van der Waals surface area contributed by atoms with Gasteiger partial charge in [0.25, 0.3) is 12.4 Å². The van der Waals surface area contributed by atoms with E-state index in [1.165, 1.54) is 12.1 Å². The van der Waals surface area contributed by atoms with Gasteiger partial charge in [-0.05, 0) is 63.3 Å². The van der Waals surface area contributed by atoms with Gasteiger partial charge in [0.15, 0.2) is 0 Å². The lowest BCUT2D eigenvalue weighted by molar-refractivity contribution is -0.123. The third-order valence-corrected chi connectivity index (χ3v) is 5.41. The monoisotopic (exact) mass is 443 g/mol. The molecule has 2 aromatic rings. The van der Waals surface area contributed by atoms with Crippen LogP contribution in [-0.2, 0) is 9.59 Å². The predicted molar refractivity (Wildman–Crippen MR) is 122 cm³/mol. The second-order valence-corrected chi connectivity index (χ2v) is 7.94. The van der Waals surface area contributed by atoms with Gasteiger partial charge in [-0.25, -0.2) is 4.39 Å². The summed E-state index contributed by atoms with van der Waals surface area (Å²) in [6, 6.07) is 10.3. The standard InChI is InChI=1S/C23H28FN3O2.CH2O2/c1-5-22(28)25-21-7-6-15(2)10-20(21)16-11-17(13-18(24)12-16)23(29)27-9-8-19(14-27)26(3)4;2-1-3/h6-7,10-13,19H,5,8-9,14H2,1-4H3,(H,25,28);1H,(H,2,3). The normalized spacial score (nSPS) is 15.2. The second-order valence-electron chi connectivity index (χ2n) is 7.94. The number of rotatable bonds is 5. The molecule has 1 saturated heterocycles. The fourth-order valence-corrected chi connectivity index (χ4v) is 3.64. The van der Waals surface area contributed by atoms with Gasteiger partial charge < -0.3 is 20.2 Å². The van der Waals surface area contributed by atoms with Gasteiger partial charge in [-0.15, -0.1) is 0 Å². The fourth-order valence-electron chi connectivity index (χ4n) is 3.64. The summed E-state index contributed by atoms with van der Waals surface area (Å²) in [6.07, 6.45) is 1.26. The van der Waals surface area contributed by atoms with E-state index >= 15 is 0 Å². The zero-order valence-corrected chi connectivity index (χ0v) is 18.9. The summed E-state index contributed by atoms with van der Waals surface area (Å²) in [5.74, 6) is -0.750. The van der Waals surface area contributed by atoms with E-state index in [-0.39, 0.29) is 18.3 Å². The molecule has 0 spiro atoms. The first kappa shape index (κ1) is 25.0. The summed E-state index contributed by atoms with van der Waals surface area (Å²) < 4.78 is 14.5. The van der Waals surface area contributed by atoms with E-state index < -0.39 is 5.82 Å². The largest absolute Gasteiger partial charge is 0.483 e. The van der Waals surface area contributed by atoms with Crippen LogP contribution in [-0.4, -0.2) is 66.4 Å². The number of likely N-dealkylation sites (N-methyl/N-ethyl adjacent to an activating group) is 1. The Morgan fingerprint density at radius 2 is 1.94 bits per heavy atom. The summed E-state index contributed by atoms with van der Waals surface area (Å²) in [5.41, 5.74) is 3.20. The number of likely N-dealkylation sites (tertiary alicyclic amines) is 1. The third-order valence-electron chi connectivity index (χ3n) is 5.41. The van der Waals surface area contributed by atoms with Crippen LogP contribution in [0.5, 0.6) is 0 Å². The maximum absolute atomic E-state index is 14.5. The Morgan fingerprint density at radius 1 is 1.25 bits per heavy atom. The lowest BCUT2D eigenvalue weighted by Gasteiger charge is -2.21. The molecule has 1 heterocycles. The topological polar surface area (TPSA) is 90.0 Å². The van der Waals surface area contributed by atoms with Crippen LogP contribution in [0.15, 0.2) is 36.4 Å². The number of carboxylic acid groups (broad SMARTS) is 1. The van der Waals surface area contributed by atoms with Crippen molar-refractivity contribution in [1.29, 1.82) is 0 Å². The van der Waals surface area contributed by atoms with Crippen molar-refractivity contribution in [1.82, 2.24) is 9.80 Å². The molecule has 8 heteroatoms. The Hall–Kier alpha value is -3.26. The minimum atomic E-state index is -0.469. The first-order chi connectivity index (χ1) is 15.2. The fraction of sp³-hybridized carbons (Fsp3) is 0.375. The Balaban J connectivity index is 0.00000114. The smallest absolute Gasteiger partial charge is 0.290 e. The number of nitrogens with one attached hydrogen (secondary N) is 1. The molecule has 1 atom stereocenters. The molecular weight excluding hydrogens is 413 g/mol. The average molecular weight is 444 g/mol. The van der Waals surface area contributed by atoms with E-state index in [0.29, 0.717) is 47.9 Å². The Kier molecular flexibility index (Phi) is 8.90. The van der Waals surface area contributed by atoms with Crippen molar-refractivity contribution in [2.45, 2.75) is 32.7 Å². The van der Waals surface area contributed by atoms with E-state index in [9.17, 15) is 14.0 Å². The Morgan fingerprint density at radius 3 is 2.53 bits per heavy atom. The highest BCUT2D eigenvalue weighted by atomic mass is 19.1. The summed E-state index contributed by atoms with van der Waals surface area (Å²) in [5, 5.41) is 9.75. The van der Waals surface area contributed by atoms with Crippen LogP contribution in [0.25, 0.3) is 11.1 Å². The minimum Gasteiger partial charge on any atom is -0.483 e. The first-order valence-corrected chi connectivity index (χ1v) is 10.4. The van der Waals surface area contributed by atoms with Crippen LogP contribution >= 0.6 is 0 Å². The molecule has 2 aromatic carbocycles. The van der Waals surface area contributed by atoms with Gasteiger partial charge in [0.2, 0.25) is 5.91 Å². The molecule has 2 amide bonds. The molecule has 1 aliphatic heterocycles. The van der Waals surface area contributed by atoms with Crippen molar-refractivity contribution in [2.24, 2.45) is 0 Å². The van der Waals surface area contributed by atoms with Gasteiger partial charge in [0.1, 0.15) is 5.82 Å². The average Bonchev–Trinajstić information content (AvgIpc) is 3.25. The van der Waals surface area contributed by atoms with Gasteiger partial charge in [0, 0.05) is 42.4 Å². The SMILES string of the molecule is CCC(=O)Nc1ccc(C)cc1-c1cc(F)cc(C(=O)N2CCC(N(C)C)C2)c1.O=CO. The van der Waals surface area contributed by atoms with Crippen LogP contribution < -0.4 is 5.32 Å². The van der Waals surface area contributed by atoms with Crippen molar-refractivity contribution >= 4 is 24.0 Å². The molecule has 0 radical (unpaired) electrons. The first-order valence-electron chi connectivity index (χ1n) is 10.4. The van der Waals surface area contributed by atoms with E-state index in [4.69, 9.17) is 9.90 Å². The number of hydrogen-bond acceptors (Lipinski definition) is 4. The van der Waals surface area contributed by atoms with Gasteiger partial charge in [0.05, 0.1) is 0 Å². The lowest BCUT2D eigenvalue weighted by Crippen LogP contribution is -2.34. The summed E-state index contributed by atoms with van der Waals surface area (Å²) in [4.78, 5) is 37.1. The van der Waals surface area contributed by atoms with Crippen molar-refractivity contribution in [3.8, 4) is 11.1 Å². The summed E-state index contributed by atoms with van der Waals surface area (Å²) in [6.45, 7) is 4.76. The van der Waals surface area contributed by atoms with Crippen LogP contribution in [0.2, 0.25) is 0 Å². The molecule has 2 N–H and O–H groups in total. The van der Waals surface area contributed by atoms with E-state index in [2.05, 4.69) is 10.2 Å². The van der Waals surface area contributed by atoms with Crippen LogP contribution in [0.3, 0.4) is 0 Å². The van der Waals surface area contributed by atoms with E-state index in [1.807, 2.05) is 39.2 Å². The zero-order valence-electron chi connectivity index (χ0n) is 18.9. The van der Waals surface area contributed by atoms with Crippen LogP contribution in [0.1, 0.15) is 35.7 Å². The number of benzene rings is 2. The number of carbonyl (C=O) groups excluding carboxylic acids is 2. The number of aryl methyl sites for hydroxylation is 1. The molecule has 1 fully saturated rings. The van der Waals surface area contributed by atoms with Crippen molar-refractivity contribution in [2.75, 3.05) is 32.5 Å². The van der Waals surface area contributed by atoms with Crippen LogP contribution in [0, 0.1) is 12.7 Å². The third kappa shape index (κ3) is 6.37. The van der Waals surface area contributed by atoms with Gasteiger partial charge in [-0.1, -0.05) is 18.6 Å². The molecule has 7 nitrogen and oxygen atoms in total. The highest BCUT2D eigenvalue weighted by Gasteiger charge is 2.28. The quantitative estimate of drug-likeness (QED) is 0.689. The molecule has 3 rings (SSSR count). The number of nitrogens with zero attached hydrogens (tertiary/aromatic N) is 2. The summed E-state index contributed by atoms with van der Waals surface area (Å²) >= 11 is 0. The molecule has 1 unspecified atom stereocenters. The lowest BCUT2D eigenvalue weighted by atomic mass is 9.98. The minimum absolute atomic E-state index is 0.116. The second kappa shape index (κ2) is 11.4. The highest BCUT2D eigenvalue weighted by Crippen LogP contribution is 2.31. The van der Waals surface area contributed by atoms with Crippen LogP contribution in [0.4, 0.5) is 10.1 Å². The molecule has 0 aromatic heterocycles. The van der Waals surface area contributed by atoms with Crippen molar-refractivity contribution in [3.05, 3.63) is 53.3 Å². The Bertz CT molecular complexity index is 978. The van der Waals surface area contributed by atoms with Gasteiger partial charge in [-0.3, -0.25) is 14.4 Å². The maximum Gasteiger partial charge on any atom is 0.290 e. The molecule has 0 bridgehead atoms. The molecular formula is C24H30FN3O4. The number of amides is 2. The maximum atomic E-state index is 14.5. The summed E-state index contributed by atoms with van der Waals surface area (Å²) in [7, 11) is 4.01.